The van der Waals surface area contributed by atoms with Crippen molar-refractivity contribution in [1.82, 2.24) is 5.32 Å². The molecule has 0 rings (SSSR count). The minimum absolute atomic E-state index is 0.399. The van der Waals surface area contributed by atoms with Crippen LogP contribution in [0.2, 0.25) is 0 Å². The van der Waals surface area contributed by atoms with Gasteiger partial charge in [-0.15, -0.1) is 0 Å². The Kier molecular flexibility index (Phi) is 5.51. The van der Waals surface area contributed by atoms with E-state index in [1.807, 2.05) is 14.0 Å². The summed E-state index contributed by atoms with van der Waals surface area (Å²) in [5, 5.41) is 13.1. The molecule has 0 radical (unpaired) electrons. The third kappa shape index (κ3) is 4.07. The van der Waals surface area contributed by atoms with Crippen molar-refractivity contribution in [3.8, 4) is 0 Å². The van der Waals surface area contributed by atoms with Crippen LogP contribution >= 0.6 is 0 Å². The molecule has 2 N–H and O–H groups in total. The van der Waals surface area contributed by atoms with E-state index < -0.39 is 5.60 Å². The van der Waals surface area contributed by atoms with Gasteiger partial charge in [-0.2, -0.15) is 0 Å². The summed E-state index contributed by atoms with van der Waals surface area (Å²) >= 11 is 0. The molecule has 74 valence electrons. The van der Waals surface area contributed by atoms with E-state index in [2.05, 4.69) is 19.2 Å². The highest BCUT2D eigenvalue weighted by Crippen LogP contribution is 2.24. The fraction of sp³-hybridized carbons (Fsp3) is 1.00. The summed E-state index contributed by atoms with van der Waals surface area (Å²) in [7, 11) is 1.92. The number of aliphatic hydroxyl groups is 1. The van der Waals surface area contributed by atoms with Crippen molar-refractivity contribution < 1.29 is 5.11 Å². The third-order valence-corrected chi connectivity index (χ3v) is 2.66. The second kappa shape index (κ2) is 5.55. The van der Waals surface area contributed by atoms with Crippen molar-refractivity contribution in [3.63, 3.8) is 0 Å². The molecule has 2 unspecified atom stereocenters. The molecule has 0 aliphatic heterocycles. The number of rotatable bonds is 6. The van der Waals surface area contributed by atoms with Crippen LogP contribution in [-0.2, 0) is 0 Å². The zero-order valence-corrected chi connectivity index (χ0v) is 8.85. The van der Waals surface area contributed by atoms with E-state index >= 15 is 0 Å². The van der Waals surface area contributed by atoms with Crippen LogP contribution in [0.25, 0.3) is 0 Å². The standard InChI is InChI=1S/C10H23NO/c1-5-6-9(2)10(3,12)7-8-11-4/h9,11-12H,5-8H2,1-4H3. The van der Waals surface area contributed by atoms with Crippen molar-refractivity contribution in [1.29, 1.82) is 0 Å². The summed E-state index contributed by atoms with van der Waals surface area (Å²) in [6.45, 7) is 7.11. The minimum Gasteiger partial charge on any atom is -0.390 e. The van der Waals surface area contributed by atoms with E-state index in [-0.39, 0.29) is 0 Å². The van der Waals surface area contributed by atoms with Crippen molar-refractivity contribution in [2.24, 2.45) is 5.92 Å². The third-order valence-electron chi connectivity index (χ3n) is 2.66. The molecule has 2 atom stereocenters. The summed E-state index contributed by atoms with van der Waals surface area (Å²) in [6.07, 6.45) is 3.10. The summed E-state index contributed by atoms with van der Waals surface area (Å²) in [6, 6.07) is 0. The van der Waals surface area contributed by atoms with Crippen LogP contribution < -0.4 is 5.32 Å². The molecular formula is C10H23NO. The lowest BCUT2D eigenvalue weighted by Crippen LogP contribution is -2.35. The maximum Gasteiger partial charge on any atom is 0.0657 e. The molecule has 0 fully saturated rings. The van der Waals surface area contributed by atoms with Crippen molar-refractivity contribution in [2.75, 3.05) is 13.6 Å². The fourth-order valence-electron chi connectivity index (χ4n) is 1.37. The van der Waals surface area contributed by atoms with Gasteiger partial charge in [-0.1, -0.05) is 20.3 Å². The molecule has 0 bridgehead atoms. The summed E-state index contributed by atoms with van der Waals surface area (Å²) in [5.41, 5.74) is -0.501. The molecule has 0 aliphatic rings. The first kappa shape index (κ1) is 11.9. The second-order valence-electron chi connectivity index (χ2n) is 3.90. The minimum atomic E-state index is -0.501. The normalized spacial score (nSPS) is 18.8. The van der Waals surface area contributed by atoms with E-state index in [4.69, 9.17) is 0 Å². The average molecular weight is 173 g/mol. The van der Waals surface area contributed by atoms with E-state index in [1.165, 1.54) is 0 Å². The molecule has 0 spiro atoms. The highest BCUT2D eigenvalue weighted by Gasteiger charge is 2.26. The van der Waals surface area contributed by atoms with Gasteiger partial charge in [0.05, 0.1) is 5.60 Å². The summed E-state index contributed by atoms with van der Waals surface area (Å²) < 4.78 is 0. The zero-order valence-electron chi connectivity index (χ0n) is 8.85. The van der Waals surface area contributed by atoms with Gasteiger partial charge in [0.1, 0.15) is 0 Å². The molecule has 0 aliphatic carbocycles. The van der Waals surface area contributed by atoms with Crippen LogP contribution in [0.4, 0.5) is 0 Å². The zero-order chi connectivity index (χ0) is 9.61. The van der Waals surface area contributed by atoms with Crippen LogP contribution in [0.15, 0.2) is 0 Å². The van der Waals surface area contributed by atoms with E-state index in [0.29, 0.717) is 5.92 Å². The molecule has 0 saturated carbocycles. The van der Waals surface area contributed by atoms with Gasteiger partial charge < -0.3 is 10.4 Å². The van der Waals surface area contributed by atoms with E-state index in [0.717, 1.165) is 25.8 Å². The molecule has 0 amide bonds. The van der Waals surface area contributed by atoms with Crippen molar-refractivity contribution in [3.05, 3.63) is 0 Å². The van der Waals surface area contributed by atoms with Gasteiger partial charge in [-0.05, 0) is 39.3 Å². The average Bonchev–Trinajstić information content (AvgIpc) is 2.01. The van der Waals surface area contributed by atoms with Gasteiger partial charge in [0.25, 0.3) is 0 Å². The highest BCUT2D eigenvalue weighted by molar-refractivity contribution is 4.79. The van der Waals surface area contributed by atoms with Gasteiger partial charge in [-0.3, -0.25) is 0 Å². The monoisotopic (exact) mass is 173 g/mol. The number of hydrogen-bond donors (Lipinski definition) is 2. The smallest absolute Gasteiger partial charge is 0.0657 e. The molecular weight excluding hydrogens is 150 g/mol. The Hall–Kier alpha value is -0.0800. The Morgan fingerprint density at radius 3 is 2.50 bits per heavy atom. The first-order chi connectivity index (χ1) is 5.54. The quantitative estimate of drug-likeness (QED) is 0.642. The highest BCUT2D eigenvalue weighted by atomic mass is 16.3. The van der Waals surface area contributed by atoms with Gasteiger partial charge in [-0.25, -0.2) is 0 Å². The number of hydrogen-bond acceptors (Lipinski definition) is 2. The Bertz CT molecular complexity index is 112. The van der Waals surface area contributed by atoms with E-state index in [9.17, 15) is 5.11 Å². The molecule has 0 aromatic heterocycles. The lowest BCUT2D eigenvalue weighted by atomic mass is 9.85. The largest absolute Gasteiger partial charge is 0.390 e. The van der Waals surface area contributed by atoms with Gasteiger partial charge in [0.15, 0.2) is 0 Å². The Labute approximate surface area is 76.4 Å². The topological polar surface area (TPSA) is 32.3 Å². The second-order valence-corrected chi connectivity index (χ2v) is 3.90. The molecule has 2 nitrogen and oxygen atoms in total. The maximum absolute atomic E-state index is 10.0. The Morgan fingerprint density at radius 2 is 2.08 bits per heavy atom. The molecule has 12 heavy (non-hydrogen) atoms. The first-order valence-electron chi connectivity index (χ1n) is 4.91. The Balaban J connectivity index is 3.81. The lowest BCUT2D eigenvalue weighted by Gasteiger charge is -2.30. The predicted molar refractivity (Wildman–Crippen MR) is 53.2 cm³/mol. The molecule has 0 saturated heterocycles. The lowest BCUT2D eigenvalue weighted by molar-refractivity contribution is -0.00437. The SMILES string of the molecule is CCCC(C)C(C)(O)CCNC. The van der Waals surface area contributed by atoms with Gasteiger partial charge >= 0.3 is 0 Å². The van der Waals surface area contributed by atoms with Gasteiger partial charge in [0, 0.05) is 0 Å². The van der Waals surface area contributed by atoms with Crippen LogP contribution in [0.3, 0.4) is 0 Å². The van der Waals surface area contributed by atoms with Crippen LogP contribution in [0.5, 0.6) is 0 Å². The first-order valence-corrected chi connectivity index (χ1v) is 4.91. The maximum atomic E-state index is 10.0. The number of nitrogens with one attached hydrogen (secondary N) is 1. The van der Waals surface area contributed by atoms with Gasteiger partial charge in [0.2, 0.25) is 0 Å². The molecule has 2 heteroatoms. The molecule has 0 aromatic rings. The van der Waals surface area contributed by atoms with Crippen molar-refractivity contribution in [2.45, 2.75) is 45.6 Å². The van der Waals surface area contributed by atoms with Crippen LogP contribution in [-0.4, -0.2) is 24.3 Å². The Morgan fingerprint density at radius 1 is 1.50 bits per heavy atom. The molecule has 0 heterocycles. The van der Waals surface area contributed by atoms with Crippen molar-refractivity contribution >= 4 is 0 Å². The van der Waals surface area contributed by atoms with Crippen LogP contribution in [0, 0.1) is 5.92 Å². The fourth-order valence-corrected chi connectivity index (χ4v) is 1.37. The summed E-state index contributed by atoms with van der Waals surface area (Å²) in [5.74, 6) is 0.399. The molecule has 0 aromatic carbocycles. The predicted octanol–water partition coefficient (Wildman–Crippen LogP) is 1.78. The summed E-state index contributed by atoms with van der Waals surface area (Å²) in [4.78, 5) is 0. The van der Waals surface area contributed by atoms with Crippen LogP contribution in [0.1, 0.15) is 40.0 Å². The van der Waals surface area contributed by atoms with E-state index in [1.54, 1.807) is 0 Å².